The lowest BCUT2D eigenvalue weighted by Gasteiger charge is -2.22. The van der Waals surface area contributed by atoms with Crippen molar-refractivity contribution in [2.45, 2.75) is 32.5 Å². The third-order valence-corrected chi connectivity index (χ3v) is 1.75. The van der Waals surface area contributed by atoms with Gasteiger partial charge >= 0.3 is 0 Å². The Morgan fingerprint density at radius 3 is 2.50 bits per heavy atom. The van der Waals surface area contributed by atoms with Crippen molar-refractivity contribution in [2.24, 2.45) is 0 Å². The maximum Gasteiger partial charge on any atom is 0.0897 e. The fourth-order valence-electron chi connectivity index (χ4n) is 0.985. The van der Waals surface area contributed by atoms with Gasteiger partial charge in [-0.3, -0.25) is 0 Å². The van der Waals surface area contributed by atoms with Crippen molar-refractivity contribution >= 4 is 0 Å². The lowest BCUT2D eigenvalue weighted by atomic mass is 10.2. The van der Waals surface area contributed by atoms with E-state index in [0.29, 0.717) is 32.9 Å². The van der Waals surface area contributed by atoms with Gasteiger partial charge < -0.3 is 25.0 Å². The molecular formula is C11H25NO4. The summed E-state index contributed by atoms with van der Waals surface area (Å²) in [5.74, 6) is 0. The molecule has 0 radical (unpaired) electrons. The molecule has 0 aliphatic carbocycles. The number of aliphatic hydroxyl groups excluding tert-OH is 2. The molecule has 0 saturated carbocycles. The minimum Gasteiger partial charge on any atom is -0.394 e. The second kappa shape index (κ2) is 8.90. The van der Waals surface area contributed by atoms with E-state index in [0.717, 1.165) is 0 Å². The highest BCUT2D eigenvalue weighted by molar-refractivity contribution is 4.63. The molecule has 3 N–H and O–H groups in total. The molecule has 0 aromatic carbocycles. The third kappa shape index (κ3) is 11.9. The van der Waals surface area contributed by atoms with Crippen molar-refractivity contribution in [2.75, 3.05) is 39.5 Å². The Morgan fingerprint density at radius 1 is 1.25 bits per heavy atom. The number of rotatable bonds is 9. The Hall–Kier alpha value is -0.200. The van der Waals surface area contributed by atoms with Crippen LogP contribution in [0.25, 0.3) is 0 Å². The van der Waals surface area contributed by atoms with Crippen LogP contribution in [0.2, 0.25) is 0 Å². The van der Waals surface area contributed by atoms with Gasteiger partial charge in [0.05, 0.1) is 38.1 Å². The summed E-state index contributed by atoms with van der Waals surface area (Å²) < 4.78 is 10.5. The Labute approximate surface area is 97.8 Å². The number of hydrogen-bond acceptors (Lipinski definition) is 5. The second-order valence-electron chi connectivity index (χ2n) is 4.62. The minimum atomic E-state index is -0.503. The monoisotopic (exact) mass is 235 g/mol. The van der Waals surface area contributed by atoms with Crippen LogP contribution in [-0.2, 0) is 9.47 Å². The Balaban J connectivity index is 3.27. The highest BCUT2D eigenvalue weighted by Gasteiger charge is 2.12. The molecule has 5 heteroatoms. The molecule has 98 valence electrons. The molecule has 16 heavy (non-hydrogen) atoms. The quantitative estimate of drug-likeness (QED) is 0.481. The standard InChI is InChI=1S/C11H25NO4/c1-11(2,3)16-9-10(14)8-12-4-6-15-7-5-13/h10,12-14H,4-9H2,1-3H3. The lowest BCUT2D eigenvalue weighted by molar-refractivity contribution is -0.0481. The second-order valence-corrected chi connectivity index (χ2v) is 4.62. The molecule has 0 heterocycles. The molecule has 0 rings (SSSR count). The van der Waals surface area contributed by atoms with E-state index in [1.54, 1.807) is 0 Å². The Morgan fingerprint density at radius 2 is 1.94 bits per heavy atom. The van der Waals surface area contributed by atoms with E-state index in [2.05, 4.69) is 5.32 Å². The molecule has 0 aliphatic rings. The number of ether oxygens (including phenoxy) is 2. The van der Waals surface area contributed by atoms with E-state index in [4.69, 9.17) is 14.6 Å². The van der Waals surface area contributed by atoms with Crippen LogP contribution >= 0.6 is 0 Å². The van der Waals surface area contributed by atoms with Crippen molar-refractivity contribution in [3.63, 3.8) is 0 Å². The molecule has 0 aromatic heterocycles. The summed E-state index contributed by atoms with van der Waals surface area (Å²) in [6.07, 6.45) is -0.503. The first kappa shape index (κ1) is 15.8. The molecule has 0 fully saturated rings. The molecule has 0 amide bonds. The zero-order chi connectivity index (χ0) is 12.4. The summed E-state index contributed by atoms with van der Waals surface area (Å²) in [7, 11) is 0. The van der Waals surface area contributed by atoms with E-state index in [9.17, 15) is 5.11 Å². The van der Waals surface area contributed by atoms with E-state index in [1.165, 1.54) is 0 Å². The van der Waals surface area contributed by atoms with Crippen molar-refractivity contribution in [1.29, 1.82) is 0 Å². The fourth-order valence-corrected chi connectivity index (χ4v) is 0.985. The molecule has 1 atom stereocenters. The summed E-state index contributed by atoms with van der Waals surface area (Å²) in [5.41, 5.74) is -0.217. The van der Waals surface area contributed by atoms with Crippen molar-refractivity contribution in [3.8, 4) is 0 Å². The Bertz CT molecular complexity index is 159. The average Bonchev–Trinajstić information content (AvgIpc) is 2.19. The van der Waals surface area contributed by atoms with Crippen LogP contribution < -0.4 is 5.32 Å². The normalized spacial score (nSPS) is 14.1. The molecule has 0 aliphatic heterocycles. The van der Waals surface area contributed by atoms with Crippen molar-refractivity contribution in [1.82, 2.24) is 5.32 Å². The molecule has 1 unspecified atom stereocenters. The van der Waals surface area contributed by atoms with Gasteiger partial charge in [-0.1, -0.05) is 0 Å². The molecular weight excluding hydrogens is 210 g/mol. The topological polar surface area (TPSA) is 71.0 Å². The maximum absolute atomic E-state index is 9.55. The van der Waals surface area contributed by atoms with E-state index >= 15 is 0 Å². The SMILES string of the molecule is CC(C)(C)OCC(O)CNCCOCCO. The first-order valence-electron chi connectivity index (χ1n) is 5.67. The van der Waals surface area contributed by atoms with Gasteiger partial charge in [-0.05, 0) is 20.8 Å². The molecule has 0 bridgehead atoms. The zero-order valence-corrected chi connectivity index (χ0v) is 10.5. The summed E-state index contributed by atoms with van der Waals surface area (Å²) in [6.45, 7) is 8.27. The average molecular weight is 235 g/mol. The summed E-state index contributed by atoms with van der Waals surface area (Å²) in [6, 6.07) is 0. The lowest BCUT2D eigenvalue weighted by Crippen LogP contribution is -2.35. The van der Waals surface area contributed by atoms with E-state index < -0.39 is 6.10 Å². The van der Waals surface area contributed by atoms with E-state index in [1.807, 2.05) is 20.8 Å². The number of nitrogens with one attached hydrogen (secondary N) is 1. The van der Waals surface area contributed by atoms with Crippen LogP contribution in [0.3, 0.4) is 0 Å². The maximum atomic E-state index is 9.55. The Kier molecular flexibility index (Phi) is 8.78. The zero-order valence-electron chi connectivity index (χ0n) is 10.5. The van der Waals surface area contributed by atoms with Gasteiger partial charge in [-0.25, -0.2) is 0 Å². The molecule has 0 saturated heterocycles. The van der Waals surface area contributed by atoms with Gasteiger partial charge in [0, 0.05) is 13.1 Å². The third-order valence-electron chi connectivity index (χ3n) is 1.75. The molecule has 0 aromatic rings. The van der Waals surface area contributed by atoms with Crippen LogP contribution in [0.4, 0.5) is 0 Å². The first-order valence-corrected chi connectivity index (χ1v) is 5.67. The van der Waals surface area contributed by atoms with Gasteiger partial charge in [-0.15, -0.1) is 0 Å². The highest BCUT2D eigenvalue weighted by atomic mass is 16.5. The van der Waals surface area contributed by atoms with Crippen LogP contribution in [0.1, 0.15) is 20.8 Å². The van der Waals surface area contributed by atoms with E-state index in [-0.39, 0.29) is 12.2 Å². The van der Waals surface area contributed by atoms with Gasteiger partial charge in [0.1, 0.15) is 0 Å². The summed E-state index contributed by atoms with van der Waals surface area (Å²) in [5, 5.41) is 21.0. The predicted molar refractivity (Wildman–Crippen MR) is 62.5 cm³/mol. The van der Waals surface area contributed by atoms with Gasteiger partial charge in [0.15, 0.2) is 0 Å². The van der Waals surface area contributed by atoms with Crippen LogP contribution in [0.15, 0.2) is 0 Å². The fraction of sp³-hybridized carbons (Fsp3) is 1.00. The van der Waals surface area contributed by atoms with Crippen LogP contribution in [0.5, 0.6) is 0 Å². The minimum absolute atomic E-state index is 0.0437. The number of hydrogen-bond donors (Lipinski definition) is 3. The summed E-state index contributed by atoms with van der Waals surface area (Å²) >= 11 is 0. The highest BCUT2D eigenvalue weighted by Crippen LogP contribution is 2.06. The van der Waals surface area contributed by atoms with Crippen molar-refractivity contribution < 1.29 is 19.7 Å². The molecule has 5 nitrogen and oxygen atoms in total. The first-order chi connectivity index (χ1) is 7.45. The van der Waals surface area contributed by atoms with Crippen LogP contribution in [0, 0.1) is 0 Å². The van der Waals surface area contributed by atoms with Gasteiger partial charge in [-0.2, -0.15) is 0 Å². The molecule has 0 spiro atoms. The largest absolute Gasteiger partial charge is 0.394 e. The number of aliphatic hydroxyl groups is 2. The van der Waals surface area contributed by atoms with Gasteiger partial charge in [0.2, 0.25) is 0 Å². The smallest absolute Gasteiger partial charge is 0.0897 e. The summed E-state index contributed by atoms with van der Waals surface area (Å²) in [4.78, 5) is 0. The van der Waals surface area contributed by atoms with Gasteiger partial charge in [0.25, 0.3) is 0 Å². The predicted octanol–water partition coefficient (Wildman–Crippen LogP) is -0.239. The van der Waals surface area contributed by atoms with Crippen molar-refractivity contribution in [3.05, 3.63) is 0 Å². The van der Waals surface area contributed by atoms with Crippen LogP contribution in [-0.4, -0.2) is 61.4 Å².